The molecule has 8 heteroatoms. The van der Waals surface area contributed by atoms with Crippen LogP contribution in [0.1, 0.15) is 28.5 Å². The summed E-state index contributed by atoms with van der Waals surface area (Å²) in [5, 5.41) is 3.41. The Hall–Kier alpha value is -2.71. The van der Waals surface area contributed by atoms with Crippen LogP contribution in [0.5, 0.6) is 0 Å². The first-order valence-electron chi connectivity index (χ1n) is 9.20. The number of nitrogens with zero attached hydrogens (tertiary/aromatic N) is 2. The van der Waals surface area contributed by atoms with Gasteiger partial charge in [0, 0.05) is 11.6 Å². The summed E-state index contributed by atoms with van der Waals surface area (Å²) in [5.41, 5.74) is 3.92. The van der Waals surface area contributed by atoms with E-state index < -0.39 is 10.0 Å². The van der Waals surface area contributed by atoms with E-state index in [9.17, 15) is 13.2 Å². The second-order valence-electron chi connectivity index (χ2n) is 7.21. The lowest BCUT2D eigenvalue weighted by molar-refractivity contribution is 0.102. The number of aryl methyl sites for hydroxylation is 1. The molecule has 1 aliphatic rings. The molecule has 29 heavy (non-hydrogen) atoms. The fourth-order valence-electron chi connectivity index (χ4n) is 3.73. The molecule has 6 nitrogen and oxygen atoms in total. The number of thiazole rings is 1. The number of carbonyl (C=O) groups is 1. The number of aromatic nitrogens is 1. The third-order valence-corrected chi connectivity index (χ3v) is 7.30. The predicted molar refractivity (Wildman–Crippen MR) is 117 cm³/mol. The van der Waals surface area contributed by atoms with Crippen LogP contribution in [0, 0.1) is 6.92 Å². The van der Waals surface area contributed by atoms with Crippen LogP contribution in [0.2, 0.25) is 0 Å². The van der Waals surface area contributed by atoms with Crippen LogP contribution in [0.15, 0.2) is 48.5 Å². The SMILES string of the molecule is Cc1nc(NC(=O)c2ccc3c(c2)CC(C)N3S(C)(=O)=O)sc1-c1ccccc1. The van der Waals surface area contributed by atoms with E-state index >= 15 is 0 Å². The molecule has 4 rings (SSSR count). The standard InChI is InChI=1S/C21H21N3O3S2/c1-13-11-17-12-16(9-10-18(17)24(13)29(3,26)27)20(25)23-21-22-14(2)19(28-21)15-7-5-4-6-8-15/h4-10,12-13H,11H2,1-3H3,(H,22,23,25). The summed E-state index contributed by atoms with van der Waals surface area (Å²) < 4.78 is 25.5. The molecule has 1 amide bonds. The summed E-state index contributed by atoms with van der Waals surface area (Å²) in [4.78, 5) is 18.3. The number of hydrogen-bond acceptors (Lipinski definition) is 5. The van der Waals surface area contributed by atoms with Gasteiger partial charge in [0.05, 0.1) is 22.5 Å². The predicted octanol–water partition coefficient (Wildman–Crippen LogP) is 4.08. The van der Waals surface area contributed by atoms with Crippen molar-refractivity contribution in [3.63, 3.8) is 0 Å². The van der Waals surface area contributed by atoms with Crippen molar-refractivity contribution in [3.05, 3.63) is 65.4 Å². The Morgan fingerprint density at radius 3 is 2.62 bits per heavy atom. The lowest BCUT2D eigenvalue weighted by atomic mass is 10.1. The van der Waals surface area contributed by atoms with E-state index in [2.05, 4.69) is 10.3 Å². The number of hydrogen-bond donors (Lipinski definition) is 1. The van der Waals surface area contributed by atoms with Gasteiger partial charge in [-0.1, -0.05) is 41.7 Å². The van der Waals surface area contributed by atoms with Gasteiger partial charge in [0.15, 0.2) is 5.13 Å². The molecule has 0 saturated heterocycles. The highest BCUT2D eigenvalue weighted by Crippen LogP contribution is 2.35. The summed E-state index contributed by atoms with van der Waals surface area (Å²) in [6, 6.07) is 14.9. The van der Waals surface area contributed by atoms with Crippen LogP contribution < -0.4 is 9.62 Å². The molecule has 2 aromatic carbocycles. The van der Waals surface area contributed by atoms with Gasteiger partial charge in [-0.15, -0.1) is 0 Å². The Kier molecular flexibility index (Phi) is 4.92. The summed E-state index contributed by atoms with van der Waals surface area (Å²) >= 11 is 1.43. The number of rotatable bonds is 4. The monoisotopic (exact) mass is 427 g/mol. The Morgan fingerprint density at radius 1 is 1.21 bits per heavy atom. The lowest BCUT2D eigenvalue weighted by Crippen LogP contribution is -2.34. The highest BCUT2D eigenvalue weighted by Gasteiger charge is 2.32. The van der Waals surface area contributed by atoms with Gasteiger partial charge in [0.1, 0.15) is 0 Å². The minimum Gasteiger partial charge on any atom is -0.298 e. The first kappa shape index (κ1) is 19.6. The van der Waals surface area contributed by atoms with Gasteiger partial charge in [0.2, 0.25) is 10.0 Å². The first-order valence-corrected chi connectivity index (χ1v) is 11.9. The maximum absolute atomic E-state index is 12.8. The Bertz CT molecular complexity index is 1190. The van der Waals surface area contributed by atoms with Gasteiger partial charge in [-0.2, -0.15) is 0 Å². The molecule has 1 unspecified atom stereocenters. The third kappa shape index (κ3) is 3.77. The molecule has 0 bridgehead atoms. The number of benzene rings is 2. The largest absolute Gasteiger partial charge is 0.298 e. The van der Waals surface area contributed by atoms with Gasteiger partial charge >= 0.3 is 0 Å². The van der Waals surface area contributed by atoms with Crippen LogP contribution in [0.25, 0.3) is 10.4 Å². The molecule has 0 aliphatic carbocycles. The van der Waals surface area contributed by atoms with Gasteiger partial charge in [0.25, 0.3) is 5.91 Å². The molecule has 1 atom stereocenters. The van der Waals surface area contributed by atoms with E-state index in [0.29, 0.717) is 22.8 Å². The highest BCUT2D eigenvalue weighted by atomic mass is 32.2. The smallest absolute Gasteiger partial charge is 0.257 e. The topological polar surface area (TPSA) is 79.4 Å². The first-order chi connectivity index (χ1) is 13.7. The van der Waals surface area contributed by atoms with E-state index in [1.165, 1.54) is 21.9 Å². The number of carbonyl (C=O) groups excluding carboxylic acids is 1. The average Bonchev–Trinajstić information content (AvgIpc) is 3.19. The van der Waals surface area contributed by atoms with Crippen molar-refractivity contribution < 1.29 is 13.2 Å². The Morgan fingerprint density at radius 2 is 1.93 bits per heavy atom. The zero-order valence-electron chi connectivity index (χ0n) is 16.3. The minimum absolute atomic E-state index is 0.159. The number of fused-ring (bicyclic) bond motifs is 1. The zero-order chi connectivity index (χ0) is 20.8. The quantitative estimate of drug-likeness (QED) is 0.680. The number of anilines is 2. The summed E-state index contributed by atoms with van der Waals surface area (Å²) in [5.74, 6) is -0.258. The van der Waals surface area contributed by atoms with E-state index in [0.717, 1.165) is 21.7 Å². The molecule has 0 spiro atoms. The lowest BCUT2D eigenvalue weighted by Gasteiger charge is -2.21. The molecule has 150 valence electrons. The molecule has 0 radical (unpaired) electrons. The second kappa shape index (κ2) is 7.27. The van der Waals surface area contributed by atoms with Crippen LogP contribution in [-0.2, 0) is 16.4 Å². The van der Waals surface area contributed by atoms with E-state index in [-0.39, 0.29) is 11.9 Å². The van der Waals surface area contributed by atoms with E-state index in [1.807, 2.05) is 44.2 Å². The van der Waals surface area contributed by atoms with Gasteiger partial charge in [-0.05, 0) is 49.6 Å². The van der Waals surface area contributed by atoms with Crippen molar-refractivity contribution in [1.82, 2.24) is 4.98 Å². The minimum atomic E-state index is -3.35. The highest BCUT2D eigenvalue weighted by molar-refractivity contribution is 7.92. The van der Waals surface area contributed by atoms with Crippen LogP contribution in [-0.4, -0.2) is 31.6 Å². The normalized spacial score (nSPS) is 16.0. The second-order valence-corrected chi connectivity index (χ2v) is 10.1. The average molecular weight is 428 g/mol. The molecular formula is C21H21N3O3S2. The van der Waals surface area contributed by atoms with Gasteiger partial charge in [-0.3, -0.25) is 14.4 Å². The third-order valence-electron chi connectivity index (χ3n) is 4.91. The van der Waals surface area contributed by atoms with Crippen molar-refractivity contribution in [2.75, 3.05) is 15.9 Å². The van der Waals surface area contributed by atoms with Crippen LogP contribution in [0.4, 0.5) is 10.8 Å². The van der Waals surface area contributed by atoms with E-state index in [1.54, 1.807) is 18.2 Å². The molecule has 3 aromatic rings. The molecule has 0 saturated carbocycles. The Labute approximate surface area is 174 Å². The van der Waals surface area contributed by atoms with Crippen LogP contribution >= 0.6 is 11.3 Å². The Balaban J connectivity index is 1.57. The molecule has 1 aromatic heterocycles. The maximum atomic E-state index is 12.8. The number of nitrogens with one attached hydrogen (secondary N) is 1. The fraction of sp³-hybridized carbons (Fsp3) is 0.238. The molecule has 2 heterocycles. The van der Waals surface area contributed by atoms with Gasteiger partial charge < -0.3 is 0 Å². The van der Waals surface area contributed by atoms with Crippen molar-refractivity contribution in [2.24, 2.45) is 0 Å². The fourth-order valence-corrected chi connectivity index (χ4v) is 5.96. The zero-order valence-corrected chi connectivity index (χ0v) is 18.0. The van der Waals surface area contributed by atoms with Crippen molar-refractivity contribution >= 4 is 38.1 Å². The van der Waals surface area contributed by atoms with Crippen molar-refractivity contribution in [3.8, 4) is 10.4 Å². The summed E-state index contributed by atoms with van der Waals surface area (Å²) in [7, 11) is -3.35. The molecule has 1 N–H and O–H groups in total. The van der Waals surface area contributed by atoms with Gasteiger partial charge in [-0.25, -0.2) is 13.4 Å². The van der Waals surface area contributed by atoms with Crippen LogP contribution in [0.3, 0.4) is 0 Å². The maximum Gasteiger partial charge on any atom is 0.257 e. The molecular weight excluding hydrogens is 406 g/mol. The molecule has 1 aliphatic heterocycles. The molecule has 0 fully saturated rings. The van der Waals surface area contributed by atoms with Crippen molar-refractivity contribution in [2.45, 2.75) is 26.3 Å². The number of amides is 1. The summed E-state index contributed by atoms with van der Waals surface area (Å²) in [6.07, 6.45) is 1.78. The summed E-state index contributed by atoms with van der Waals surface area (Å²) in [6.45, 7) is 3.79. The van der Waals surface area contributed by atoms with Crippen molar-refractivity contribution in [1.29, 1.82) is 0 Å². The van der Waals surface area contributed by atoms with E-state index in [4.69, 9.17) is 0 Å². The number of sulfonamides is 1.